The molecule has 1 aromatic rings. The molecule has 2 amide bonds. The zero-order valence-corrected chi connectivity index (χ0v) is 17.9. The molecule has 0 radical (unpaired) electrons. The zero-order chi connectivity index (χ0) is 20.8. The number of nitrogens with zero attached hydrogens (tertiary/aromatic N) is 1. The molecule has 29 heavy (non-hydrogen) atoms. The SMILES string of the molecule is CCC(CC)NC(=O)C1CN(CC(=O)NC2CCCCC2C)c2ccccc2O1. The van der Waals surface area contributed by atoms with Crippen molar-refractivity contribution in [3.63, 3.8) is 0 Å². The quantitative estimate of drug-likeness (QED) is 0.736. The van der Waals surface area contributed by atoms with E-state index in [0.29, 0.717) is 18.2 Å². The number of para-hydroxylation sites is 2. The van der Waals surface area contributed by atoms with Crippen LogP contribution in [0.25, 0.3) is 0 Å². The highest BCUT2D eigenvalue weighted by Gasteiger charge is 2.33. The molecule has 2 aliphatic rings. The van der Waals surface area contributed by atoms with Gasteiger partial charge in [0.05, 0.1) is 18.8 Å². The van der Waals surface area contributed by atoms with Crippen LogP contribution in [0.1, 0.15) is 59.3 Å². The molecule has 0 bridgehead atoms. The molecule has 0 saturated heterocycles. The van der Waals surface area contributed by atoms with E-state index in [4.69, 9.17) is 4.74 Å². The van der Waals surface area contributed by atoms with Crippen molar-refractivity contribution in [2.45, 2.75) is 77.5 Å². The first-order valence-electron chi connectivity index (χ1n) is 11.1. The van der Waals surface area contributed by atoms with E-state index in [0.717, 1.165) is 24.9 Å². The van der Waals surface area contributed by atoms with Gasteiger partial charge >= 0.3 is 0 Å². The molecule has 6 nitrogen and oxygen atoms in total. The Labute approximate surface area is 174 Å². The summed E-state index contributed by atoms with van der Waals surface area (Å²) < 4.78 is 5.98. The topological polar surface area (TPSA) is 70.7 Å². The second kappa shape index (κ2) is 9.99. The summed E-state index contributed by atoms with van der Waals surface area (Å²) in [5, 5.41) is 6.29. The summed E-state index contributed by atoms with van der Waals surface area (Å²) >= 11 is 0. The highest BCUT2D eigenvalue weighted by molar-refractivity contribution is 5.86. The van der Waals surface area contributed by atoms with Crippen molar-refractivity contribution in [1.29, 1.82) is 0 Å². The first-order valence-corrected chi connectivity index (χ1v) is 11.1. The van der Waals surface area contributed by atoms with E-state index in [2.05, 4.69) is 31.4 Å². The van der Waals surface area contributed by atoms with E-state index in [1.807, 2.05) is 29.2 Å². The standard InChI is InChI=1S/C23H35N3O3/c1-4-17(5-2)24-23(28)21-14-26(19-12-8-9-13-20(19)29-21)15-22(27)25-18-11-7-6-10-16(18)3/h8-9,12-13,16-18,21H,4-7,10-11,14-15H2,1-3H3,(H,24,28)(H,25,27). The number of nitrogens with one attached hydrogen (secondary N) is 2. The van der Waals surface area contributed by atoms with Crippen molar-refractivity contribution in [1.82, 2.24) is 10.6 Å². The van der Waals surface area contributed by atoms with Crippen LogP contribution in [0.5, 0.6) is 5.75 Å². The lowest BCUT2D eigenvalue weighted by atomic mass is 9.86. The molecule has 1 heterocycles. The highest BCUT2D eigenvalue weighted by Crippen LogP contribution is 2.33. The lowest BCUT2D eigenvalue weighted by Gasteiger charge is -2.36. The second-order valence-electron chi connectivity index (χ2n) is 8.41. The molecule has 3 atom stereocenters. The van der Waals surface area contributed by atoms with Crippen molar-refractivity contribution in [2.24, 2.45) is 5.92 Å². The van der Waals surface area contributed by atoms with Crippen molar-refractivity contribution in [2.75, 3.05) is 18.0 Å². The number of carbonyl (C=O) groups is 2. The summed E-state index contributed by atoms with van der Waals surface area (Å²) in [5.74, 6) is 1.07. The molecular weight excluding hydrogens is 366 g/mol. The summed E-state index contributed by atoms with van der Waals surface area (Å²) in [6.07, 6.45) is 5.79. The Morgan fingerprint density at radius 2 is 1.90 bits per heavy atom. The van der Waals surface area contributed by atoms with Crippen molar-refractivity contribution in [3.8, 4) is 5.75 Å². The maximum atomic E-state index is 12.8. The Morgan fingerprint density at radius 3 is 2.62 bits per heavy atom. The smallest absolute Gasteiger partial charge is 0.263 e. The number of amides is 2. The summed E-state index contributed by atoms with van der Waals surface area (Å²) in [6, 6.07) is 8.03. The van der Waals surface area contributed by atoms with Gasteiger partial charge in [-0.3, -0.25) is 9.59 Å². The van der Waals surface area contributed by atoms with E-state index >= 15 is 0 Å². The molecule has 3 unspecified atom stereocenters. The van der Waals surface area contributed by atoms with Crippen LogP contribution < -0.4 is 20.3 Å². The van der Waals surface area contributed by atoms with E-state index in [9.17, 15) is 9.59 Å². The number of rotatable bonds is 7. The maximum Gasteiger partial charge on any atom is 0.263 e. The van der Waals surface area contributed by atoms with Gasteiger partial charge < -0.3 is 20.3 Å². The van der Waals surface area contributed by atoms with Crippen LogP contribution in [0, 0.1) is 5.92 Å². The van der Waals surface area contributed by atoms with Crippen LogP contribution in [0.3, 0.4) is 0 Å². The van der Waals surface area contributed by atoms with Gasteiger partial charge in [0.15, 0.2) is 6.10 Å². The van der Waals surface area contributed by atoms with E-state index in [-0.39, 0.29) is 30.4 Å². The molecule has 0 aromatic heterocycles. The Morgan fingerprint density at radius 1 is 1.17 bits per heavy atom. The Kier molecular flexibility index (Phi) is 7.40. The van der Waals surface area contributed by atoms with Crippen LogP contribution in [-0.2, 0) is 9.59 Å². The Bertz CT molecular complexity index is 704. The van der Waals surface area contributed by atoms with Crippen LogP contribution in [-0.4, -0.2) is 43.1 Å². The van der Waals surface area contributed by atoms with Gasteiger partial charge in [-0.05, 0) is 43.7 Å². The fourth-order valence-electron chi connectivity index (χ4n) is 4.34. The van der Waals surface area contributed by atoms with E-state index in [1.54, 1.807) is 0 Å². The predicted octanol–water partition coefficient (Wildman–Crippen LogP) is 3.25. The van der Waals surface area contributed by atoms with Crippen LogP contribution in [0.2, 0.25) is 0 Å². The molecule has 1 fully saturated rings. The minimum atomic E-state index is -0.619. The molecule has 3 rings (SSSR count). The molecule has 0 spiro atoms. The molecule has 1 aliphatic carbocycles. The van der Waals surface area contributed by atoms with Crippen LogP contribution in [0.4, 0.5) is 5.69 Å². The maximum absolute atomic E-state index is 12.8. The summed E-state index contributed by atoms with van der Waals surface area (Å²) in [7, 11) is 0. The summed E-state index contributed by atoms with van der Waals surface area (Å²) in [5.41, 5.74) is 0.867. The number of hydrogen-bond donors (Lipinski definition) is 2. The van der Waals surface area contributed by atoms with Gasteiger partial charge in [-0.15, -0.1) is 0 Å². The molecular formula is C23H35N3O3. The Balaban J connectivity index is 1.68. The average Bonchev–Trinajstić information content (AvgIpc) is 2.73. The second-order valence-corrected chi connectivity index (χ2v) is 8.41. The fourth-order valence-corrected chi connectivity index (χ4v) is 4.34. The van der Waals surface area contributed by atoms with Crippen molar-refractivity contribution >= 4 is 17.5 Å². The number of fused-ring (bicyclic) bond motifs is 1. The van der Waals surface area contributed by atoms with Crippen molar-refractivity contribution in [3.05, 3.63) is 24.3 Å². The first kappa shape index (κ1) is 21.5. The minimum Gasteiger partial charge on any atom is -0.477 e. The molecule has 1 aromatic carbocycles. The third-order valence-electron chi connectivity index (χ3n) is 6.28. The number of anilines is 1. The molecule has 1 saturated carbocycles. The average molecular weight is 402 g/mol. The predicted molar refractivity (Wildman–Crippen MR) is 115 cm³/mol. The third-order valence-corrected chi connectivity index (χ3v) is 6.28. The lowest BCUT2D eigenvalue weighted by molar-refractivity contribution is -0.129. The zero-order valence-electron chi connectivity index (χ0n) is 17.9. The van der Waals surface area contributed by atoms with E-state index in [1.165, 1.54) is 19.3 Å². The Hall–Kier alpha value is -2.24. The number of benzene rings is 1. The minimum absolute atomic E-state index is 0.0135. The van der Waals surface area contributed by atoms with Gasteiger partial charge in [-0.2, -0.15) is 0 Å². The fraction of sp³-hybridized carbons (Fsp3) is 0.652. The van der Waals surface area contributed by atoms with E-state index < -0.39 is 6.10 Å². The van der Waals surface area contributed by atoms with Gasteiger partial charge in [0, 0.05) is 12.1 Å². The molecule has 2 N–H and O–H groups in total. The summed E-state index contributed by atoms with van der Waals surface area (Å²) in [6.45, 7) is 6.95. The van der Waals surface area contributed by atoms with Crippen molar-refractivity contribution < 1.29 is 14.3 Å². The highest BCUT2D eigenvalue weighted by atomic mass is 16.5. The van der Waals surface area contributed by atoms with Gasteiger partial charge in [0.2, 0.25) is 5.91 Å². The summed E-state index contributed by atoms with van der Waals surface area (Å²) in [4.78, 5) is 27.5. The van der Waals surface area contributed by atoms with Gasteiger partial charge in [-0.25, -0.2) is 0 Å². The van der Waals surface area contributed by atoms with Gasteiger partial charge in [-0.1, -0.05) is 45.7 Å². The molecule has 1 aliphatic heterocycles. The number of hydrogen-bond acceptors (Lipinski definition) is 4. The normalized spacial score (nSPS) is 23.9. The van der Waals surface area contributed by atoms with Crippen LogP contribution in [0.15, 0.2) is 24.3 Å². The number of ether oxygens (including phenoxy) is 1. The largest absolute Gasteiger partial charge is 0.477 e. The number of carbonyl (C=O) groups excluding carboxylic acids is 2. The van der Waals surface area contributed by atoms with Gasteiger partial charge in [0.1, 0.15) is 5.75 Å². The molecule has 6 heteroatoms. The van der Waals surface area contributed by atoms with Crippen LogP contribution >= 0.6 is 0 Å². The molecule has 160 valence electrons. The lowest BCUT2D eigenvalue weighted by Crippen LogP contribution is -2.53. The first-order chi connectivity index (χ1) is 14.0. The van der Waals surface area contributed by atoms with Gasteiger partial charge in [0.25, 0.3) is 5.91 Å². The third kappa shape index (κ3) is 5.43. The monoisotopic (exact) mass is 401 g/mol.